The second-order valence-corrected chi connectivity index (χ2v) is 4.41. The van der Waals surface area contributed by atoms with E-state index in [4.69, 9.17) is 0 Å². The first-order chi connectivity index (χ1) is 6.24. The van der Waals surface area contributed by atoms with Crippen LogP contribution in [0, 0.1) is 0 Å². The molecule has 1 atom stereocenters. The predicted octanol–water partition coefficient (Wildman–Crippen LogP) is 2.67. The summed E-state index contributed by atoms with van der Waals surface area (Å²) in [5, 5.41) is 10.1. The summed E-state index contributed by atoms with van der Waals surface area (Å²) in [7, 11) is 2.08. The second kappa shape index (κ2) is 3.14. The lowest BCUT2D eigenvalue weighted by molar-refractivity contribution is 0.463. The molecule has 1 aromatic rings. The maximum Gasteiger partial charge on any atom is 0.131 e. The normalized spacial score (nSPS) is 20.5. The number of thioether (sulfide) groups is 1. The third-order valence-corrected chi connectivity index (χ3v) is 3.96. The van der Waals surface area contributed by atoms with Gasteiger partial charge in [0, 0.05) is 7.05 Å². The van der Waals surface area contributed by atoms with Crippen LogP contribution in [-0.4, -0.2) is 17.5 Å². The number of aromatic hydroxyl groups is 1. The summed E-state index contributed by atoms with van der Waals surface area (Å²) in [4.78, 5) is 3.25. The number of benzene rings is 1. The molecule has 1 aliphatic rings. The Morgan fingerprint density at radius 2 is 2.31 bits per heavy atom. The molecule has 1 aliphatic heterocycles. The van der Waals surface area contributed by atoms with Crippen molar-refractivity contribution in [3.63, 3.8) is 0 Å². The number of hydrogen-bond acceptors (Lipinski definition) is 3. The minimum atomic E-state index is 0.408. The van der Waals surface area contributed by atoms with Crippen LogP contribution in [0.1, 0.15) is 13.3 Å². The number of nitrogens with zero attached hydrogens (tertiary/aromatic N) is 1. The van der Waals surface area contributed by atoms with Crippen molar-refractivity contribution >= 4 is 17.4 Å². The lowest BCUT2D eigenvalue weighted by Crippen LogP contribution is -2.23. The van der Waals surface area contributed by atoms with Crippen LogP contribution in [0.25, 0.3) is 0 Å². The van der Waals surface area contributed by atoms with E-state index in [9.17, 15) is 5.11 Å². The van der Waals surface area contributed by atoms with Crippen LogP contribution in [0.3, 0.4) is 0 Å². The average molecular weight is 195 g/mol. The molecular formula is C10H13NOS. The largest absolute Gasteiger partial charge is 0.507 e. The molecule has 0 aromatic heterocycles. The maximum atomic E-state index is 9.61. The van der Waals surface area contributed by atoms with Crippen LogP contribution >= 0.6 is 11.8 Å². The zero-order valence-corrected chi connectivity index (χ0v) is 8.64. The van der Waals surface area contributed by atoms with Gasteiger partial charge < -0.3 is 10.0 Å². The van der Waals surface area contributed by atoms with Crippen LogP contribution in [0.2, 0.25) is 0 Å². The first-order valence-corrected chi connectivity index (χ1v) is 5.33. The summed E-state index contributed by atoms with van der Waals surface area (Å²) < 4.78 is 0. The van der Waals surface area contributed by atoms with Crippen LogP contribution in [-0.2, 0) is 0 Å². The molecule has 0 bridgehead atoms. The van der Waals surface area contributed by atoms with Gasteiger partial charge in [-0.05, 0) is 18.6 Å². The van der Waals surface area contributed by atoms with E-state index in [0.29, 0.717) is 11.1 Å². The molecule has 1 heterocycles. The lowest BCUT2D eigenvalue weighted by atomic mass is 10.2. The average Bonchev–Trinajstić information content (AvgIpc) is 2.45. The van der Waals surface area contributed by atoms with E-state index in [1.54, 1.807) is 17.8 Å². The number of fused-ring (bicyclic) bond motifs is 1. The molecule has 3 heteroatoms. The van der Waals surface area contributed by atoms with Crippen LogP contribution in [0.5, 0.6) is 5.75 Å². The van der Waals surface area contributed by atoms with E-state index in [-0.39, 0.29) is 0 Å². The quantitative estimate of drug-likeness (QED) is 0.745. The van der Waals surface area contributed by atoms with Gasteiger partial charge in [0.05, 0.1) is 16.0 Å². The van der Waals surface area contributed by atoms with Gasteiger partial charge in [-0.3, -0.25) is 0 Å². The van der Waals surface area contributed by atoms with Gasteiger partial charge in [0.1, 0.15) is 5.75 Å². The van der Waals surface area contributed by atoms with Crippen molar-refractivity contribution in [1.29, 1.82) is 0 Å². The molecule has 0 fully saturated rings. The molecule has 1 N–H and O–H groups in total. The van der Waals surface area contributed by atoms with E-state index in [0.717, 1.165) is 17.0 Å². The van der Waals surface area contributed by atoms with Crippen molar-refractivity contribution in [2.75, 3.05) is 11.9 Å². The lowest BCUT2D eigenvalue weighted by Gasteiger charge is -2.19. The van der Waals surface area contributed by atoms with Gasteiger partial charge in [-0.15, -0.1) is 0 Å². The highest BCUT2D eigenvalue weighted by atomic mass is 32.2. The fourth-order valence-corrected chi connectivity index (χ4v) is 2.87. The molecule has 2 nitrogen and oxygen atoms in total. The summed E-state index contributed by atoms with van der Waals surface area (Å²) in [6, 6.07) is 5.69. The number of phenols is 1. The molecule has 70 valence electrons. The van der Waals surface area contributed by atoms with Crippen molar-refractivity contribution in [3.8, 4) is 5.75 Å². The van der Waals surface area contributed by atoms with Gasteiger partial charge >= 0.3 is 0 Å². The van der Waals surface area contributed by atoms with Crippen molar-refractivity contribution in [1.82, 2.24) is 0 Å². The Labute approximate surface area is 82.6 Å². The summed E-state index contributed by atoms with van der Waals surface area (Å²) in [5.41, 5.74) is 1.15. The molecule has 0 spiro atoms. The smallest absolute Gasteiger partial charge is 0.131 e. The molecule has 0 amide bonds. The first-order valence-electron chi connectivity index (χ1n) is 4.45. The molecule has 1 aromatic carbocycles. The van der Waals surface area contributed by atoms with E-state index < -0.39 is 0 Å². The van der Waals surface area contributed by atoms with Crippen LogP contribution in [0.4, 0.5) is 5.69 Å². The predicted molar refractivity (Wildman–Crippen MR) is 56.4 cm³/mol. The van der Waals surface area contributed by atoms with Gasteiger partial charge in [-0.2, -0.15) is 0 Å². The highest BCUT2D eigenvalue weighted by Crippen LogP contribution is 2.47. The van der Waals surface area contributed by atoms with E-state index in [2.05, 4.69) is 24.9 Å². The van der Waals surface area contributed by atoms with Gasteiger partial charge in [-0.1, -0.05) is 24.8 Å². The van der Waals surface area contributed by atoms with E-state index in [1.807, 2.05) is 6.07 Å². The summed E-state index contributed by atoms with van der Waals surface area (Å²) in [6.07, 6.45) is 1.09. The highest BCUT2D eigenvalue weighted by Gasteiger charge is 2.27. The summed E-state index contributed by atoms with van der Waals surface area (Å²) in [6.45, 7) is 2.16. The Bertz CT molecular complexity index is 327. The zero-order valence-electron chi connectivity index (χ0n) is 7.82. The standard InChI is InChI=1S/C10H13NOS/c1-3-9-11(2)7-5-4-6-8(12)10(7)13-9/h4-6,9,12H,3H2,1-2H3. The molecule has 0 saturated carbocycles. The van der Waals surface area contributed by atoms with Crippen molar-refractivity contribution < 1.29 is 5.11 Å². The fraction of sp³-hybridized carbons (Fsp3) is 0.400. The van der Waals surface area contributed by atoms with Gasteiger partial charge in [0.2, 0.25) is 0 Å². The monoisotopic (exact) mass is 195 g/mol. The summed E-state index contributed by atoms with van der Waals surface area (Å²) in [5.74, 6) is 0.408. The Morgan fingerprint density at radius 1 is 1.54 bits per heavy atom. The van der Waals surface area contributed by atoms with Crippen molar-refractivity contribution in [2.45, 2.75) is 23.6 Å². The molecular weight excluding hydrogens is 182 g/mol. The highest BCUT2D eigenvalue weighted by molar-refractivity contribution is 8.00. The van der Waals surface area contributed by atoms with Gasteiger partial charge in [0.25, 0.3) is 0 Å². The Kier molecular flexibility index (Phi) is 2.12. The first kappa shape index (κ1) is 8.75. The Balaban J connectivity index is 2.43. The minimum Gasteiger partial charge on any atom is -0.507 e. The third-order valence-electron chi connectivity index (χ3n) is 2.39. The SMILES string of the molecule is CCC1Sc2c(O)cccc2N1C. The molecule has 2 rings (SSSR count). The Morgan fingerprint density at radius 3 is 2.92 bits per heavy atom. The van der Waals surface area contributed by atoms with Crippen molar-refractivity contribution in [2.24, 2.45) is 0 Å². The van der Waals surface area contributed by atoms with Crippen LogP contribution in [0.15, 0.2) is 23.1 Å². The van der Waals surface area contributed by atoms with Gasteiger partial charge in [-0.25, -0.2) is 0 Å². The molecule has 0 saturated heterocycles. The number of phenolic OH excluding ortho intramolecular Hbond substituents is 1. The third kappa shape index (κ3) is 1.27. The molecule has 1 unspecified atom stereocenters. The fourth-order valence-electron chi connectivity index (χ4n) is 1.64. The number of hydrogen-bond donors (Lipinski definition) is 1. The molecule has 0 radical (unpaired) electrons. The molecule has 13 heavy (non-hydrogen) atoms. The number of anilines is 1. The number of rotatable bonds is 1. The topological polar surface area (TPSA) is 23.5 Å². The minimum absolute atomic E-state index is 0.408. The van der Waals surface area contributed by atoms with Crippen LogP contribution < -0.4 is 4.90 Å². The van der Waals surface area contributed by atoms with Crippen molar-refractivity contribution in [3.05, 3.63) is 18.2 Å². The van der Waals surface area contributed by atoms with E-state index >= 15 is 0 Å². The molecule has 0 aliphatic carbocycles. The van der Waals surface area contributed by atoms with Gasteiger partial charge in [0.15, 0.2) is 0 Å². The second-order valence-electron chi connectivity index (χ2n) is 3.22. The van der Waals surface area contributed by atoms with E-state index in [1.165, 1.54) is 0 Å². The zero-order chi connectivity index (χ0) is 9.42. The maximum absolute atomic E-state index is 9.61. The summed E-state index contributed by atoms with van der Waals surface area (Å²) >= 11 is 1.75. The Hall–Kier alpha value is -0.830.